The van der Waals surface area contributed by atoms with Crippen LogP contribution in [-0.4, -0.2) is 66.2 Å². The maximum Gasteiger partial charge on any atom is 0.254 e. The van der Waals surface area contributed by atoms with Crippen LogP contribution in [-0.2, 0) is 0 Å². The van der Waals surface area contributed by atoms with Gasteiger partial charge in [-0.1, -0.05) is 0 Å². The molecule has 2 atom stereocenters. The SMILES string of the molecule is COc1ccc(C(=O)N2C[C@H](O)[C@@H](N3CCCC3)C2)cc1F. The number of benzene rings is 1. The Hall–Kier alpha value is -1.66. The van der Waals surface area contributed by atoms with Crippen molar-refractivity contribution in [2.24, 2.45) is 0 Å². The fraction of sp³-hybridized carbons (Fsp3) is 0.562. The van der Waals surface area contributed by atoms with E-state index in [0.29, 0.717) is 13.1 Å². The summed E-state index contributed by atoms with van der Waals surface area (Å²) in [6, 6.07) is 4.19. The summed E-state index contributed by atoms with van der Waals surface area (Å²) in [6.45, 7) is 2.74. The number of hydrogen-bond acceptors (Lipinski definition) is 4. The van der Waals surface area contributed by atoms with Crippen molar-refractivity contribution in [3.63, 3.8) is 0 Å². The van der Waals surface area contributed by atoms with E-state index in [-0.39, 0.29) is 23.3 Å². The summed E-state index contributed by atoms with van der Waals surface area (Å²) in [7, 11) is 1.39. The predicted octanol–water partition coefficient (Wildman–Crippen LogP) is 1.12. The number of likely N-dealkylation sites (tertiary alicyclic amines) is 2. The molecule has 0 spiro atoms. The molecule has 5 nitrogen and oxygen atoms in total. The average Bonchev–Trinajstić information content (AvgIpc) is 3.15. The van der Waals surface area contributed by atoms with Crippen molar-refractivity contribution < 1.29 is 19.0 Å². The molecule has 1 amide bonds. The quantitative estimate of drug-likeness (QED) is 0.909. The van der Waals surface area contributed by atoms with Crippen LogP contribution in [0, 0.1) is 5.82 Å². The Labute approximate surface area is 129 Å². The van der Waals surface area contributed by atoms with E-state index in [2.05, 4.69) is 4.90 Å². The summed E-state index contributed by atoms with van der Waals surface area (Å²) in [5.41, 5.74) is 0.285. The number of nitrogens with zero attached hydrogens (tertiary/aromatic N) is 2. The molecule has 3 rings (SSSR count). The second-order valence-electron chi connectivity index (χ2n) is 5.94. The smallest absolute Gasteiger partial charge is 0.254 e. The zero-order chi connectivity index (χ0) is 15.7. The number of methoxy groups -OCH3 is 1. The van der Waals surface area contributed by atoms with Crippen LogP contribution >= 0.6 is 0 Å². The molecule has 1 aromatic rings. The molecular weight excluding hydrogens is 287 g/mol. The maximum absolute atomic E-state index is 13.7. The highest BCUT2D eigenvalue weighted by Crippen LogP contribution is 2.24. The van der Waals surface area contributed by atoms with Crippen molar-refractivity contribution in [3.05, 3.63) is 29.6 Å². The first-order valence-electron chi connectivity index (χ1n) is 7.65. The average molecular weight is 308 g/mol. The molecular formula is C16H21FN2O3. The largest absolute Gasteiger partial charge is 0.494 e. The zero-order valence-electron chi connectivity index (χ0n) is 12.7. The van der Waals surface area contributed by atoms with Gasteiger partial charge in [-0.3, -0.25) is 9.69 Å². The molecule has 0 aliphatic carbocycles. The highest BCUT2D eigenvalue weighted by molar-refractivity contribution is 5.94. The van der Waals surface area contributed by atoms with Gasteiger partial charge in [0.25, 0.3) is 5.91 Å². The molecule has 6 heteroatoms. The van der Waals surface area contributed by atoms with E-state index < -0.39 is 11.9 Å². The number of halogens is 1. The van der Waals surface area contributed by atoms with Gasteiger partial charge in [0.2, 0.25) is 0 Å². The van der Waals surface area contributed by atoms with Gasteiger partial charge in [0.15, 0.2) is 11.6 Å². The minimum Gasteiger partial charge on any atom is -0.494 e. The van der Waals surface area contributed by atoms with E-state index in [9.17, 15) is 14.3 Å². The fourth-order valence-electron chi connectivity index (χ4n) is 3.35. The number of β-amino-alcohol motifs (C(OH)–C–C–N with tert-alkyl or cyclic N) is 1. The monoisotopic (exact) mass is 308 g/mol. The Balaban J connectivity index is 1.71. The Kier molecular flexibility index (Phi) is 4.31. The topological polar surface area (TPSA) is 53.0 Å². The van der Waals surface area contributed by atoms with E-state index in [4.69, 9.17) is 4.74 Å². The zero-order valence-corrected chi connectivity index (χ0v) is 12.7. The van der Waals surface area contributed by atoms with E-state index >= 15 is 0 Å². The lowest BCUT2D eigenvalue weighted by atomic mass is 10.2. The van der Waals surface area contributed by atoms with Gasteiger partial charge >= 0.3 is 0 Å². The standard InChI is InChI=1S/C16H21FN2O3/c1-22-15-5-4-11(8-12(15)17)16(21)19-9-13(14(20)10-19)18-6-2-3-7-18/h4-5,8,13-14,20H,2-3,6-7,9-10H2,1H3/t13-,14-/m0/s1. The van der Waals surface area contributed by atoms with Gasteiger partial charge in [0, 0.05) is 18.7 Å². The number of amides is 1. The molecule has 1 N–H and O–H groups in total. The van der Waals surface area contributed by atoms with Crippen molar-refractivity contribution in [1.29, 1.82) is 0 Å². The molecule has 2 saturated heterocycles. The highest BCUT2D eigenvalue weighted by atomic mass is 19.1. The van der Waals surface area contributed by atoms with Gasteiger partial charge in [-0.05, 0) is 44.1 Å². The lowest BCUT2D eigenvalue weighted by molar-refractivity contribution is 0.0762. The predicted molar refractivity (Wildman–Crippen MR) is 79.5 cm³/mol. The lowest BCUT2D eigenvalue weighted by Gasteiger charge is -2.25. The van der Waals surface area contributed by atoms with E-state index in [1.807, 2.05) is 0 Å². The molecule has 120 valence electrons. The van der Waals surface area contributed by atoms with Gasteiger partial charge in [-0.15, -0.1) is 0 Å². The second-order valence-corrected chi connectivity index (χ2v) is 5.94. The van der Waals surface area contributed by atoms with Crippen LogP contribution in [0.4, 0.5) is 4.39 Å². The van der Waals surface area contributed by atoms with Crippen LogP contribution in [0.1, 0.15) is 23.2 Å². The van der Waals surface area contributed by atoms with E-state index in [0.717, 1.165) is 25.9 Å². The van der Waals surface area contributed by atoms with Crippen LogP contribution in [0.15, 0.2) is 18.2 Å². The molecule has 0 saturated carbocycles. The molecule has 0 bridgehead atoms. The molecule has 0 radical (unpaired) electrons. The second kappa shape index (κ2) is 6.22. The van der Waals surface area contributed by atoms with Gasteiger partial charge in [0.05, 0.1) is 19.3 Å². The van der Waals surface area contributed by atoms with Crippen molar-refractivity contribution in [1.82, 2.24) is 9.80 Å². The Morgan fingerprint density at radius 1 is 1.32 bits per heavy atom. The Morgan fingerprint density at radius 2 is 2.05 bits per heavy atom. The third-order valence-corrected chi connectivity index (χ3v) is 4.55. The van der Waals surface area contributed by atoms with Gasteiger partial charge < -0.3 is 14.7 Å². The minimum atomic E-state index is -0.552. The third kappa shape index (κ3) is 2.80. The summed E-state index contributed by atoms with van der Waals surface area (Å²) >= 11 is 0. The Bertz CT molecular complexity index is 560. The molecule has 2 fully saturated rings. The number of aliphatic hydroxyl groups is 1. The molecule has 2 aliphatic heterocycles. The molecule has 1 aromatic carbocycles. The number of aliphatic hydroxyl groups excluding tert-OH is 1. The summed E-state index contributed by atoms with van der Waals surface area (Å²) in [6.07, 6.45) is 1.74. The number of rotatable bonds is 3. The van der Waals surface area contributed by atoms with Crippen LogP contribution in [0.3, 0.4) is 0 Å². The normalized spacial score (nSPS) is 25.7. The molecule has 0 unspecified atom stereocenters. The van der Waals surface area contributed by atoms with Crippen LogP contribution in [0.2, 0.25) is 0 Å². The first-order valence-corrected chi connectivity index (χ1v) is 7.65. The first kappa shape index (κ1) is 15.2. The third-order valence-electron chi connectivity index (χ3n) is 4.55. The highest BCUT2D eigenvalue weighted by Gasteiger charge is 2.38. The first-order chi connectivity index (χ1) is 10.6. The summed E-state index contributed by atoms with van der Waals surface area (Å²) < 4.78 is 18.6. The van der Waals surface area contributed by atoms with E-state index in [1.165, 1.54) is 19.2 Å². The summed E-state index contributed by atoms with van der Waals surface area (Å²) in [4.78, 5) is 16.3. The molecule has 2 aliphatic rings. The van der Waals surface area contributed by atoms with Gasteiger partial charge in [-0.25, -0.2) is 4.39 Å². The number of carbonyl (C=O) groups excluding carboxylic acids is 1. The number of ether oxygens (including phenoxy) is 1. The molecule has 22 heavy (non-hydrogen) atoms. The molecule has 2 heterocycles. The number of hydrogen-bond donors (Lipinski definition) is 1. The van der Waals surface area contributed by atoms with Gasteiger partial charge in [0.1, 0.15) is 0 Å². The van der Waals surface area contributed by atoms with Crippen molar-refractivity contribution in [2.75, 3.05) is 33.3 Å². The lowest BCUT2D eigenvalue weighted by Crippen LogP contribution is -2.41. The van der Waals surface area contributed by atoms with Crippen LogP contribution in [0.5, 0.6) is 5.75 Å². The van der Waals surface area contributed by atoms with Crippen molar-refractivity contribution in [2.45, 2.75) is 25.0 Å². The molecule has 0 aromatic heterocycles. The summed E-state index contributed by atoms with van der Waals surface area (Å²) in [5.74, 6) is -0.681. The number of carbonyl (C=O) groups is 1. The van der Waals surface area contributed by atoms with Crippen molar-refractivity contribution >= 4 is 5.91 Å². The maximum atomic E-state index is 13.7. The summed E-state index contributed by atoms with van der Waals surface area (Å²) in [5, 5.41) is 10.2. The van der Waals surface area contributed by atoms with Crippen LogP contribution < -0.4 is 4.74 Å². The fourth-order valence-corrected chi connectivity index (χ4v) is 3.35. The van der Waals surface area contributed by atoms with Gasteiger partial charge in [-0.2, -0.15) is 0 Å². The minimum absolute atomic E-state index is 0.00505. The van der Waals surface area contributed by atoms with Crippen LogP contribution in [0.25, 0.3) is 0 Å². The van der Waals surface area contributed by atoms with Crippen molar-refractivity contribution in [3.8, 4) is 5.75 Å². The van der Waals surface area contributed by atoms with E-state index in [1.54, 1.807) is 11.0 Å². The Morgan fingerprint density at radius 3 is 2.68 bits per heavy atom.